The van der Waals surface area contributed by atoms with Gasteiger partial charge in [-0.2, -0.15) is 0 Å². The largest absolute Gasteiger partial charge is 0.308 e. The maximum absolute atomic E-state index is 13.3. The molecular weight excluding hydrogens is 478 g/mol. The van der Waals surface area contributed by atoms with Crippen molar-refractivity contribution in [2.45, 2.75) is 0 Å². The molecule has 0 unspecified atom stereocenters. The SMILES string of the molecule is CN(C)CCN(C(=O)c1cc([N+](=O)[O-])cc([N+](=O)[O-])c1)c1nc2ccc(Br)cc2s1. The average molecular weight is 494 g/mol. The zero-order chi connectivity index (χ0) is 22.0. The van der Waals surface area contributed by atoms with Crippen LogP contribution >= 0.6 is 27.3 Å². The van der Waals surface area contributed by atoms with Gasteiger partial charge >= 0.3 is 0 Å². The summed E-state index contributed by atoms with van der Waals surface area (Å²) in [4.78, 5) is 41.9. The van der Waals surface area contributed by atoms with Crippen LogP contribution < -0.4 is 4.90 Å². The van der Waals surface area contributed by atoms with E-state index in [0.29, 0.717) is 17.2 Å². The number of nitro benzene ring substituents is 2. The molecule has 1 heterocycles. The van der Waals surface area contributed by atoms with Crippen LogP contribution in [0.1, 0.15) is 10.4 Å². The van der Waals surface area contributed by atoms with Gasteiger partial charge in [0.2, 0.25) is 0 Å². The number of hydrogen-bond donors (Lipinski definition) is 0. The molecule has 0 aliphatic heterocycles. The Morgan fingerprint density at radius 1 is 1.07 bits per heavy atom. The maximum atomic E-state index is 13.3. The lowest BCUT2D eigenvalue weighted by Crippen LogP contribution is -2.36. The van der Waals surface area contributed by atoms with Crippen molar-refractivity contribution in [1.82, 2.24) is 9.88 Å². The number of nitrogens with zero attached hydrogens (tertiary/aromatic N) is 5. The van der Waals surface area contributed by atoms with Crippen molar-refractivity contribution in [2.24, 2.45) is 0 Å². The molecule has 2 aromatic carbocycles. The van der Waals surface area contributed by atoms with Crippen LogP contribution in [0.5, 0.6) is 0 Å². The summed E-state index contributed by atoms with van der Waals surface area (Å²) in [7, 11) is 3.69. The molecule has 3 aromatic rings. The first-order chi connectivity index (χ1) is 14.2. The van der Waals surface area contributed by atoms with Crippen molar-refractivity contribution in [1.29, 1.82) is 0 Å². The molecule has 0 saturated heterocycles. The molecule has 1 aromatic heterocycles. The summed E-state index contributed by atoms with van der Waals surface area (Å²) < 4.78 is 1.72. The van der Waals surface area contributed by atoms with Crippen LogP contribution in [0.4, 0.5) is 16.5 Å². The fraction of sp³-hybridized carbons (Fsp3) is 0.222. The minimum absolute atomic E-state index is 0.143. The highest BCUT2D eigenvalue weighted by atomic mass is 79.9. The molecule has 156 valence electrons. The van der Waals surface area contributed by atoms with Crippen molar-refractivity contribution in [3.63, 3.8) is 0 Å². The summed E-state index contributed by atoms with van der Waals surface area (Å²) in [5, 5.41) is 22.8. The van der Waals surface area contributed by atoms with Gasteiger partial charge in [-0.25, -0.2) is 4.98 Å². The Bertz CT molecular complexity index is 1120. The van der Waals surface area contributed by atoms with Crippen LogP contribution in [0.25, 0.3) is 10.2 Å². The van der Waals surface area contributed by atoms with Crippen LogP contribution in [0.3, 0.4) is 0 Å². The molecule has 12 heteroatoms. The van der Waals surface area contributed by atoms with Crippen molar-refractivity contribution in [3.8, 4) is 0 Å². The van der Waals surface area contributed by atoms with Gasteiger partial charge < -0.3 is 4.90 Å². The highest BCUT2D eigenvalue weighted by Gasteiger charge is 2.26. The number of anilines is 1. The highest BCUT2D eigenvalue weighted by molar-refractivity contribution is 9.10. The molecule has 0 bridgehead atoms. The topological polar surface area (TPSA) is 123 Å². The fourth-order valence-electron chi connectivity index (χ4n) is 2.67. The van der Waals surface area contributed by atoms with E-state index in [1.807, 2.05) is 37.2 Å². The number of amides is 1. The number of carbonyl (C=O) groups is 1. The lowest BCUT2D eigenvalue weighted by atomic mass is 10.1. The molecule has 1 amide bonds. The van der Waals surface area contributed by atoms with Crippen molar-refractivity contribution in [3.05, 3.63) is 66.7 Å². The van der Waals surface area contributed by atoms with Crippen molar-refractivity contribution >= 4 is 59.9 Å². The standard InChI is InChI=1S/C18H16BrN5O5S/c1-21(2)5-6-22(18-20-15-4-3-12(19)9-16(15)30-18)17(25)11-7-13(23(26)27)10-14(8-11)24(28)29/h3-4,7-10H,5-6H2,1-2H3. The first-order valence-corrected chi connectivity index (χ1v) is 10.2. The summed E-state index contributed by atoms with van der Waals surface area (Å²) in [6.45, 7) is 0.756. The van der Waals surface area contributed by atoms with E-state index in [1.54, 1.807) is 0 Å². The molecule has 0 fully saturated rings. The normalized spacial score (nSPS) is 11.1. The van der Waals surface area contributed by atoms with Crippen molar-refractivity contribution < 1.29 is 14.6 Å². The summed E-state index contributed by atoms with van der Waals surface area (Å²) in [5.41, 5.74) is -0.484. The van der Waals surface area contributed by atoms with E-state index in [2.05, 4.69) is 20.9 Å². The molecule has 0 aliphatic rings. The van der Waals surface area contributed by atoms with Gasteiger partial charge in [0.15, 0.2) is 5.13 Å². The summed E-state index contributed by atoms with van der Waals surface area (Å²) in [6, 6.07) is 8.44. The van der Waals surface area contributed by atoms with Gasteiger partial charge in [-0.3, -0.25) is 29.9 Å². The Labute approximate surface area is 183 Å². The molecular formula is C18H16BrN5O5S. The van der Waals surface area contributed by atoms with E-state index in [1.165, 1.54) is 16.2 Å². The zero-order valence-corrected chi connectivity index (χ0v) is 18.3. The summed E-state index contributed by atoms with van der Waals surface area (Å²) >= 11 is 4.69. The number of rotatable bonds is 7. The Kier molecular flexibility index (Phi) is 6.39. The summed E-state index contributed by atoms with van der Waals surface area (Å²) in [6.07, 6.45) is 0. The Balaban J connectivity index is 2.08. The summed E-state index contributed by atoms with van der Waals surface area (Å²) in [5.74, 6) is -0.596. The van der Waals surface area contributed by atoms with E-state index in [0.717, 1.165) is 27.4 Å². The lowest BCUT2D eigenvalue weighted by molar-refractivity contribution is -0.394. The fourth-order valence-corrected chi connectivity index (χ4v) is 4.21. The van der Waals surface area contributed by atoms with Gasteiger partial charge in [0.05, 0.1) is 31.7 Å². The van der Waals surface area contributed by atoms with Crippen LogP contribution in [-0.4, -0.2) is 52.8 Å². The number of nitro groups is 2. The number of thiazole rings is 1. The Morgan fingerprint density at radius 2 is 1.70 bits per heavy atom. The van der Waals surface area contributed by atoms with Gasteiger partial charge in [0.1, 0.15) is 0 Å². The quantitative estimate of drug-likeness (QED) is 0.358. The second-order valence-electron chi connectivity index (χ2n) is 6.62. The van der Waals surface area contributed by atoms with Crippen molar-refractivity contribution in [2.75, 3.05) is 32.1 Å². The maximum Gasteiger partial charge on any atom is 0.277 e. The minimum atomic E-state index is -0.761. The lowest BCUT2D eigenvalue weighted by Gasteiger charge is -2.22. The molecule has 10 nitrogen and oxygen atoms in total. The Hall–Kier alpha value is -2.96. The number of fused-ring (bicyclic) bond motifs is 1. The first kappa shape index (κ1) is 21.7. The van der Waals surface area contributed by atoms with E-state index >= 15 is 0 Å². The molecule has 0 saturated carbocycles. The third-order valence-corrected chi connectivity index (χ3v) is 5.69. The third kappa shape index (κ3) is 4.78. The minimum Gasteiger partial charge on any atom is -0.308 e. The van der Waals surface area contributed by atoms with E-state index in [9.17, 15) is 25.0 Å². The van der Waals surface area contributed by atoms with Crippen LogP contribution in [0, 0.1) is 20.2 Å². The van der Waals surface area contributed by atoms with E-state index in [4.69, 9.17) is 0 Å². The van der Waals surface area contributed by atoms with E-state index < -0.39 is 27.1 Å². The number of aromatic nitrogens is 1. The highest BCUT2D eigenvalue weighted by Crippen LogP contribution is 2.32. The number of hydrogen-bond acceptors (Lipinski definition) is 8. The van der Waals surface area contributed by atoms with Gasteiger partial charge in [0.25, 0.3) is 17.3 Å². The molecule has 0 N–H and O–H groups in total. The third-order valence-electron chi connectivity index (χ3n) is 4.16. The second kappa shape index (κ2) is 8.81. The molecule has 0 aliphatic carbocycles. The number of non-ortho nitro benzene ring substituents is 2. The molecule has 0 radical (unpaired) electrons. The molecule has 0 spiro atoms. The number of halogens is 1. The van der Waals surface area contributed by atoms with Gasteiger partial charge in [0, 0.05) is 29.7 Å². The Morgan fingerprint density at radius 3 is 2.27 bits per heavy atom. The molecule has 3 rings (SSSR count). The predicted molar refractivity (Wildman–Crippen MR) is 117 cm³/mol. The number of likely N-dealkylation sites (N-methyl/N-ethyl adjacent to an activating group) is 1. The van der Waals surface area contributed by atoms with Crippen LogP contribution in [0.2, 0.25) is 0 Å². The zero-order valence-electron chi connectivity index (χ0n) is 15.9. The number of carbonyl (C=O) groups excluding carboxylic acids is 1. The average Bonchev–Trinajstić information content (AvgIpc) is 3.09. The van der Waals surface area contributed by atoms with Gasteiger partial charge in [-0.05, 0) is 32.3 Å². The van der Waals surface area contributed by atoms with Crippen LogP contribution in [0.15, 0.2) is 40.9 Å². The molecule has 30 heavy (non-hydrogen) atoms. The molecule has 0 atom stereocenters. The monoisotopic (exact) mass is 493 g/mol. The smallest absolute Gasteiger partial charge is 0.277 e. The number of benzene rings is 2. The van der Waals surface area contributed by atoms with Crippen LogP contribution in [-0.2, 0) is 0 Å². The van der Waals surface area contributed by atoms with Gasteiger partial charge in [-0.15, -0.1) is 0 Å². The predicted octanol–water partition coefficient (Wildman–Crippen LogP) is 4.08. The second-order valence-corrected chi connectivity index (χ2v) is 8.55. The van der Waals surface area contributed by atoms with E-state index in [-0.39, 0.29) is 12.1 Å². The first-order valence-electron chi connectivity index (χ1n) is 8.62. The van der Waals surface area contributed by atoms with Gasteiger partial charge in [-0.1, -0.05) is 27.3 Å².